The number of halogens is 2. The molecular weight excluding hydrogens is 544 g/mol. The van der Waals surface area contributed by atoms with Gasteiger partial charge in [0.05, 0.1) is 24.3 Å². The van der Waals surface area contributed by atoms with E-state index >= 15 is 0 Å². The number of amides is 2. The minimum Gasteiger partial charge on any atom is -0.376 e. The number of carbonyl (C=O) groups is 2. The van der Waals surface area contributed by atoms with Crippen molar-refractivity contribution in [2.24, 2.45) is 11.8 Å². The van der Waals surface area contributed by atoms with E-state index in [-0.39, 0.29) is 61.4 Å². The Bertz CT molecular complexity index is 1190. The number of aryl methyl sites for hydroxylation is 1. The zero-order valence-corrected chi connectivity index (χ0v) is 25.7. The smallest absolute Gasteiger partial charge is 0.248 e. The Hall–Kier alpha value is -2.75. The Kier molecular flexibility index (Phi) is 10.3. The molecule has 4 rings (SSSR count). The van der Waals surface area contributed by atoms with E-state index in [1.165, 1.54) is 5.69 Å². The summed E-state index contributed by atoms with van der Waals surface area (Å²) >= 11 is 1.58. The second-order valence-electron chi connectivity index (χ2n) is 11.9. The number of nitrogens with one attached hydrogen (secondary N) is 1. The van der Waals surface area contributed by atoms with Crippen LogP contribution in [0, 0.1) is 18.8 Å². The first-order valence-electron chi connectivity index (χ1n) is 14.9. The first-order chi connectivity index (χ1) is 19.5. The topological polar surface area (TPSA) is 70.5 Å². The highest BCUT2D eigenvalue weighted by atomic mass is 32.1. The summed E-state index contributed by atoms with van der Waals surface area (Å²) in [6, 6.07) is 2.02. The number of hydrogen-bond donors (Lipinski definition) is 1. The molecule has 2 amide bonds. The lowest BCUT2D eigenvalue weighted by Gasteiger charge is -2.32. The van der Waals surface area contributed by atoms with Crippen LogP contribution >= 0.6 is 11.3 Å². The van der Waals surface area contributed by atoms with E-state index < -0.39 is 5.92 Å². The summed E-state index contributed by atoms with van der Waals surface area (Å²) in [5, 5.41) is 7.21. The van der Waals surface area contributed by atoms with Crippen LogP contribution in [0.4, 0.5) is 8.78 Å². The summed E-state index contributed by atoms with van der Waals surface area (Å²) in [6.07, 6.45) is 4.26. The summed E-state index contributed by atoms with van der Waals surface area (Å²) in [5.74, 6) is -2.04. The van der Waals surface area contributed by atoms with E-state index in [0.29, 0.717) is 26.1 Å². The summed E-state index contributed by atoms with van der Waals surface area (Å²) in [6.45, 7) is 14.9. The van der Waals surface area contributed by atoms with E-state index in [0.717, 1.165) is 36.5 Å². The van der Waals surface area contributed by atoms with Gasteiger partial charge in [0.25, 0.3) is 0 Å². The lowest BCUT2D eigenvalue weighted by atomic mass is 9.86. The predicted octanol–water partition coefficient (Wildman–Crippen LogP) is 6.26. The van der Waals surface area contributed by atoms with Gasteiger partial charge in [0.2, 0.25) is 17.7 Å². The van der Waals surface area contributed by atoms with Crippen molar-refractivity contribution < 1.29 is 18.4 Å². The van der Waals surface area contributed by atoms with Crippen LogP contribution in [0.1, 0.15) is 94.2 Å². The van der Waals surface area contributed by atoms with Gasteiger partial charge in [-0.15, -0.1) is 0 Å². The molecule has 0 saturated heterocycles. The third kappa shape index (κ3) is 7.56. The molecule has 2 aromatic rings. The molecule has 2 aliphatic rings. The number of thiophene rings is 1. The Morgan fingerprint density at radius 1 is 1.32 bits per heavy atom. The second kappa shape index (κ2) is 13.5. The molecule has 2 atom stereocenters. The molecule has 2 unspecified atom stereocenters. The summed E-state index contributed by atoms with van der Waals surface area (Å²) in [5.41, 5.74) is 3.25. The quantitative estimate of drug-likeness (QED) is 0.317. The van der Waals surface area contributed by atoms with Crippen LogP contribution in [-0.4, -0.2) is 56.7 Å². The predicted molar refractivity (Wildman–Crippen MR) is 159 cm³/mol. The molecule has 2 aromatic heterocycles. The Morgan fingerprint density at radius 3 is 2.66 bits per heavy atom. The fraction of sp³-hybridized carbons (Fsp3) is 0.645. The molecule has 0 radical (unpaired) electrons. The summed E-state index contributed by atoms with van der Waals surface area (Å²) in [7, 11) is 0. The SMILES string of the molecule is C=CN(CCC(NC(=O)C1CCC(F)(F)CC1)c1ccsc1)CC(CC)n1c(C)nc2c1CCN(C(=O)C(C)C)C2. The standard InChI is InChI=1S/C31H45F2N5O2S/c1-6-25(38-22(5)34-27-19-37(16-11-28(27)38)30(40)21(3)4)18-36(7-2)15-10-26(24-12-17-41-20-24)35-29(39)23-8-13-31(32,33)14-9-23/h7,12,17,20-21,23,25-26H,2,6,8-11,13-16,18-19H2,1,3-5H3,(H,35,39). The molecule has 1 fully saturated rings. The maximum Gasteiger partial charge on any atom is 0.248 e. The molecule has 1 saturated carbocycles. The number of rotatable bonds is 12. The largest absolute Gasteiger partial charge is 0.376 e. The van der Waals surface area contributed by atoms with Crippen LogP contribution in [0.15, 0.2) is 29.6 Å². The van der Waals surface area contributed by atoms with Crippen LogP contribution in [0.3, 0.4) is 0 Å². The van der Waals surface area contributed by atoms with Gasteiger partial charge in [0, 0.05) is 56.4 Å². The monoisotopic (exact) mass is 589 g/mol. The van der Waals surface area contributed by atoms with Gasteiger partial charge < -0.3 is 19.7 Å². The van der Waals surface area contributed by atoms with Crippen molar-refractivity contribution in [1.29, 1.82) is 0 Å². The minimum atomic E-state index is -2.65. The van der Waals surface area contributed by atoms with Crippen LogP contribution < -0.4 is 5.32 Å². The van der Waals surface area contributed by atoms with E-state index in [1.807, 2.05) is 48.7 Å². The lowest BCUT2D eigenvalue weighted by Crippen LogP contribution is -2.39. The van der Waals surface area contributed by atoms with E-state index in [4.69, 9.17) is 4.98 Å². The van der Waals surface area contributed by atoms with Crippen LogP contribution in [0.25, 0.3) is 0 Å². The zero-order chi connectivity index (χ0) is 29.7. The van der Waals surface area contributed by atoms with Gasteiger partial charge in [0.1, 0.15) is 5.82 Å². The fourth-order valence-electron chi connectivity index (χ4n) is 6.18. The van der Waals surface area contributed by atoms with Crippen molar-refractivity contribution in [2.75, 3.05) is 19.6 Å². The van der Waals surface area contributed by atoms with Crippen LogP contribution in [-0.2, 0) is 22.6 Å². The van der Waals surface area contributed by atoms with Crippen LogP contribution in [0.2, 0.25) is 0 Å². The third-order valence-electron chi connectivity index (χ3n) is 8.63. The van der Waals surface area contributed by atoms with Gasteiger partial charge in [-0.3, -0.25) is 9.59 Å². The molecule has 0 bridgehead atoms. The van der Waals surface area contributed by atoms with E-state index in [9.17, 15) is 18.4 Å². The molecule has 0 spiro atoms. The van der Waals surface area contributed by atoms with Crippen molar-refractivity contribution in [2.45, 2.75) is 97.2 Å². The number of alkyl halides is 2. The molecule has 10 heteroatoms. The lowest BCUT2D eigenvalue weighted by molar-refractivity contribution is -0.135. The molecule has 41 heavy (non-hydrogen) atoms. The number of imidazole rings is 1. The molecule has 1 N–H and O–H groups in total. The van der Waals surface area contributed by atoms with Gasteiger partial charge >= 0.3 is 0 Å². The third-order valence-corrected chi connectivity index (χ3v) is 9.33. The van der Waals surface area contributed by atoms with Gasteiger partial charge in [-0.25, -0.2) is 13.8 Å². The second-order valence-corrected chi connectivity index (χ2v) is 12.6. The van der Waals surface area contributed by atoms with E-state index in [1.54, 1.807) is 11.3 Å². The Labute approximate surface area is 247 Å². The average Bonchev–Trinajstić information content (AvgIpc) is 3.59. The molecule has 7 nitrogen and oxygen atoms in total. The van der Waals surface area contributed by atoms with Crippen molar-refractivity contribution in [3.8, 4) is 0 Å². The summed E-state index contributed by atoms with van der Waals surface area (Å²) in [4.78, 5) is 34.6. The highest BCUT2D eigenvalue weighted by Crippen LogP contribution is 2.36. The highest BCUT2D eigenvalue weighted by Gasteiger charge is 2.38. The maximum atomic E-state index is 13.6. The number of carbonyl (C=O) groups excluding carboxylic acids is 2. The summed E-state index contributed by atoms with van der Waals surface area (Å²) < 4.78 is 29.6. The number of fused-ring (bicyclic) bond motifs is 1. The van der Waals surface area contributed by atoms with E-state index in [2.05, 4.69) is 28.3 Å². The van der Waals surface area contributed by atoms with Gasteiger partial charge in [-0.05, 0) is 61.2 Å². The molecule has 0 aromatic carbocycles. The maximum absolute atomic E-state index is 13.6. The first kappa shape index (κ1) is 31.2. The molecule has 1 aliphatic heterocycles. The van der Waals surface area contributed by atoms with Crippen molar-refractivity contribution in [1.82, 2.24) is 24.7 Å². The normalized spacial score (nSPS) is 18.6. The Morgan fingerprint density at radius 2 is 2.05 bits per heavy atom. The van der Waals surface area contributed by atoms with Crippen molar-refractivity contribution in [3.63, 3.8) is 0 Å². The zero-order valence-electron chi connectivity index (χ0n) is 24.9. The average molecular weight is 590 g/mol. The van der Waals surface area contributed by atoms with Gasteiger partial charge in [-0.2, -0.15) is 11.3 Å². The number of nitrogens with zero attached hydrogens (tertiary/aromatic N) is 4. The van der Waals surface area contributed by atoms with Gasteiger partial charge in [0.15, 0.2) is 0 Å². The van der Waals surface area contributed by atoms with Crippen LogP contribution in [0.5, 0.6) is 0 Å². The number of hydrogen-bond acceptors (Lipinski definition) is 5. The number of aromatic nitrogens is 2. The Balaban J connectivity index is 1.41. The van der Waals surface area contributed by atoms with Crippen molar-refractivity contribution in [3.05, 3.63) is 52.4 Å². The molecular formula is C31H45F2N5O2S. The van der Waals surface area contributed by atoms with Gasteiger partial charge in [-0.1, -0.05) is 27.4 Å². The first-order valence-corrected chi connectivity index (χ1v) is 15.9. The molecule has 3 heterocycles. The van der Waals surface area contributed by atoms with Crippen molar-refractivity contribution >= 4 is 23.2 Å². The fourth-order valence-corrected chi connectivity index (χ4v) is 6.90. The molecule has 1 aliphatic carbocycles. The highest BCUT2D eigenvalue weighted by molar-refractivity contribution is 7.08. The minimum absolute atomic E-state index is 0.0284. The molecule has 226 valence electrons.